The number of carbonyl (C=O) groups is 2. The summed E-state index contributed by atoms with van der Waals surface area (Å²) in [5.41, 5.74) is 0.505. The maximum absolute atomic E-state index is 14.3. The molecule has 2 amide bonds. The van der Waals surface area contributed by atoms with Gasteiger partial charge in [0.1, 0.15) is 35.2 Å². The van der Waals surface area contributed by atoms with E-state index in [0.717, 1.165) is 6.07 Å². The van der Waals surface area contributed by atoms with E-state index in [2.05, 4.69) is 15.3 Å². The second-order valence-electron chi connectivity index (χ2n) is 7.90. The van der Waals surface area contributed by atoms with Gasteiger partial charge in [-0.3, -0.25) is 9.59 Å². The molecule has 4 rings (SSSR count). The van der Waals surface area contributed by atoms with Crippen LogP contribution in [-0.4, -0.2) is 63.2 Å². The van der Waals surface area contributed by atoms with Gasteiger partial charge >= 0.3 is 0 Å². The van der Waals surface area contributed by atoms with Crippen molar-refractivity contribution >= 4 is 34.4 Å². The fourth-order valence-corrected chi connectivity index (χ4v) is 3.93. The lowest BCUT2D eigenvalue weighted by molar-refractivity contribution is -0.137. The monoisotopic (exact) mass is 480 g/mol. The van der Waals surface area contributed by atoms with Gasteiger partial charge in [0, 0.05) is 30.6 Å². The number of nitrogens with zero attached hydrogens (tertiary/aromatic N) is 2. The fourth-order valence-electron chi connectivity index (χ4n) is 3.77. The van der Waals surface area contributed by atoms with Gasteiger partial charge in [-0.2, -0.15) is 0 Å². The highest BCUT2D eigenvalue weighted by Gasteiger charge is 2.34. The molecule has 0 spiro atoms. The molecule has 3 aromatic rings. The van der Waals surface area contributed by atoms with Crippen molar-refractivity contribution < 1.29 is 27.9 Å². The van der Waals surface area contributed by atoms with E-state index in [9.17, 15) is 27.9 Å². The standard InChI is InChI=1S/C22H20ClF3N4O3/c23-13-5-12-7-17(28-20(12)27-9-13)21(32)29-18(6-11-1-2-14(24)8-15(11)25)22(33)30-4-3-19(31)16(26)10-30/h1-2,5,7-9,16,18-19,31H,3-4,6,10H2,(H,27,28)(H,29,32)/t16-,18-,19-/m0/s1. The molecule has 1 aromatic carbocycles. The van der Waals surface area contributed by atoms with E-state index < -0.39 is 41.8 Å². The molecule has 174 valence electrons. The van der Waals surface area contributed by atoms with Crippen LogP contribution in [0.3, 0.4) is 0 Å². The molecule has 0 radical (unpaired) electrons. The number of halogens is 4. The molecule has 0 saturated carbocycles. The molecule has 3 atom stereocenters. The summed E-state index contributed by atoms with van der Waals surface area (Å²) in [6, 6.07) is 4.75. The van der Waals surface area contributed by atoms with Crippen LogP contribution in [0.5, 0.6) is 0 Å². The number of carbonyl (C=O) groups excluding carboxylic acids is 2. The van der Waals surface area contributed by atoms with E-state index in [1.165, 1.54) is 23.2 Å². The largest absolute Gasteiger partial charge is 0.390 e. The third kappa shape index (κ3) is 5.12. The van der Waals surface area contributed by atoms with Crippen LogP contribution >= 0.6 is 11.6 Å². The molecule has 0 bridgehead atoms. The molecule has 7 nitrogen and oxygen atoms in total. The summed E-state index contributed by atoms with van der Waals surface area (Å²) < 4.78 is 41.6. The molecule has 0 unspecified atom stereocenters. The van der Waals surface area contributed by atoms with Crippen molar-refractivity contribution in [3.63, 3.8) is 0 Å². The zero-order valence-electron chi connectivity index (χ0n) is 17.2. The molecule has 3 N–H and O–H groups in total. The molecule has 2 aromatic heterocycles. The second-order valence-corrected chi connectivity index (χ2v) is 8.33. The lowest BCUT2D eigenvalue weighted by atomic mass is 10.0. The van der Waals surface area contributed by atoms with Gasteiger partial charge in [0.05, 0.1) is 17.7 Å². The summed E-state index contributed by atoms with van der Waals surface area (Å²) in [7, 11) is 0. The van der Waals surface area contributed by atoms with Gasteiger partial charge < -0.3 is 20.3 Å². The number of hydrogen-bond acceptors (Lipinski definition) is 4. The Balaban J connectivity index is 1.59. The van der Waals surface area contributed by atoms with Crippen LogP contribution in [-0.2, 0) is 11.2 Å². The minimum Gasteiger partial charge on any atom is -0.390 e. The number of alkyl halides is 1. The van der Waals surface area contributed by atoms with Crippen molar-refractivity contribution in [2.45, 2.75) is 31.2 Å². The minimum absolute atomic E-state index is 0.00832. The fraction of sp³-hybridized carbons (Fsp3) is 0.318. The Morgan fingerprint density at radius 2 is 2.09 bits per heavy atom. The van der Waals surface area contributed by atoms with Crippen molar-refractivity contribution in [2.75, 3.05) is 13.1 Å². The molecule has 3 heterocycles. The van der Waals surface area contributed by atoms with E-state index >= 15 is 0 Å². The number of aliphatic hydroxyl groups excluding tert-OH is 1. The number of fused-ring (bicyclic) bond motifs is 1. The highest BCUT2D eigenvalue weighted by atomic mass is 35.5. The van der Waals surface area contributed by atoms with E-state index in [0.29, 0.717) is 22.1 Å². The average molecular weight is 481 g/mol. The van der Waals surface area contributed by atoms with Crippen molar-refractivity contribution in [3.8, 4) is 0 Å². The first-order chi connectivity index (χ1) is 15.7. The molecule has 11 heteroatoms. The van der Waals surface area contributed by atoms with Crippen molar-refractivity contribution in [2.24, 2.45) is 0 Å². The first-order valence-electron chi connectivity index (χ1n) is 10.2. The molecule has 1 aliphatic heterocycles. The minimum atomic E-state index is -1.63. The number of piperidine rings is 1. The Bertz CT molecular complexity index is 1200. The predicted octanol–water partition coefficient (Wildman–Crippen LogP) is 2.77. The summed E-state index contributed by atoms with van der Waals surface area (Å²) >= 11 is 5.92. The van der Waals surface area contributed by atoms with E-state index in [-0.39, 0.29) is 37.2 Å². The number of rotatable bonds is 5. The molecule has 1 aliphatic rings. The highest BCUT2D eigenvalue weighted by molar-refractivity contribution is 6.31. The predicted molar refractivity (Wildman–Crippen MR) is 115 cm³/mol. The summed E-state index contributed by atoms with van der Waals surface area (Å²) in [6.07, 6.45) is -1.65. The molecule has 1 fully saturated rings. The lowest BCUT2D eigenvalue weighted by Gasteiger charge is -2.34. The van der Waals surface area contributed by atoms with Crippen LogP contribution in [0.2, 0.25) is 5.02 Å². The number of aromatic nitrogens is 2. The number of benzene rings is 1. The molecule has 0 aliphatic carbocycles. The topological polar surface area (TPSA) is 98.3 Å². The number of hydrogen-bond donors (Lipinski definition) is 3. The first kappa shape index (κ1) is 23.1. The Morgan fingerprint density at radius 3 is 2.82 bits per heavy atom. The quantitative estimate of drug-likeness (QED) is 0.523. The SMILES string of the molecule is O=C(N[C@@H](Cc1ccc(F)cc1F)C(=O)N1CC[C@H](O)[C@@H](F)C1)c1cc2cc(Cl)cnc2[nH]1. The number of nitrogens with one attached hydrogen (secondary N) is 2. The summed E-state index contributed by atoms with van der Waals surface area (Å²) in [5.74, 6) is -2.96. The van der Waals surface area contributed by atoms with Crippen LogP contribution in [0.25, 0.3) is 11.0 Å². The summed E-state index contributed by atoms with van der Waals surface area (Å²) in [6.45, 7) is -0.277. The normalized spacial score (nSPS) is 19.5. The van der Waals surface area contributed by atoms with E-state index in [1.807, 2.05) is 0 Å². The van der Waals surface area contributed by atoms with Crippen LogP contribution < -0.4 is 5.32 Å². The van der Waals surface area contributed by atoms with Gasteiger partial charge in [0.15, 0.2) is 0 Å². The van der Waals surface area contributed by atoms with Gasteiger partial charge in [0.2, 0.25) is 5.91 Å². The number of amides is 2. The van der Waals surface area contributed by atoms with Crippen LogP contribution in [0.1, 0.15) is 22.5 Å². The van der Waals surface area contributed by atoms with E-state index in [4.69, 9.17) is 11.6 Å². The molecular formula is C22H20ClF3N4O3. The van der Waals surface area contributed by atoms with E-state index in [1.54, 1.807) is 6.07 Å². The van der Waals surface area contributed by atoms with Crippen molar-refractivity contribution in [1.29, 1.82) is 0 Å². The Labute approximate surface area is 191 Å². The van der Waals surface area contributed by atoms with Gasteiger partial charge in [-0.1, -0.05) is 17.7 Å². The molecule has 1 saturated heterocycles. The van der Waals surface area contributed by atoms with Gasteiger partial charge in [-0.15, -0.1) is 0 Å². The van der Waals surface area contributed by atoms with Crippen LogP contribution in [0.4, 0.5) is 13.2 Å². The molecule has 33 heavy (non-hydrogen) atoms. The van der Waals surface area contributed by atoms with Gasteiger partial charge in [-0.05, 0) is 30.2 Å². The number of aliphatic hydroxyl groups is 1. The Hall–Kier alpha value is -3.11. The number of H-pyrrole nitrogens is 1. The third-order valence-electron chi connectivity index (χ3n) is 5.54. The summed E-state index contributed by atoms with van der Waals surface area (Å²) in [4.78, 5) is 34.1. The van der Waals surface area contributed by atoms with Gasteiger partial charge in [-0.25, -0.2) is 18.2 Å². The number of aromatic amines is 1. The second kappa shape index (κ2) is 9.40. The van der Waals surface area contributed by atoms with Crippen molar-refractivity contribution in [3.05, 3.63) is 64.4 Å². The third-order valence-corrected chi connectivity index (χ3v) is 5.75. The molecular weight excluding hydrogens is 461 g/mol. The highest BCUT2D eigenvalue weighted by Crippen LogP contribution is 2.20. The zero-order chi connectivity index (χ0) is 23.7. The van der Waals surface area contributed by atoms with Crippen LogP contribution in [0.15, 0.2) is 36.5 Å². The summed E-state index contributed by atoms with van der Waals surface area (Å²) in [5, 5.41) is 13.1. The zero-order valence-corrected chi connectivity index (χ0v) is 18.0. The maximum atomic E-state index is 14.3. The lowest BCUT2D eigenvalue weighted by Crippen LogP contribution is -2.55. The number of pyridine rings is 1. The Kier molecular flexibility index (Phi) is 6.57. The Morgan fingerprint density at radius 1 is 1.30 bits per heavy atom. The van der Waals surface area contributed by atoms with Crippen LogP contribution in [0, 0.1) is 11.6 Å². The van der Waals surface area contributed by atoms with Crippen molar-refractivity contribution in [1.82, 2.24) is 20.2 Å². The first-order valence-corrected chi connectivity index (χ1v) is 10.6. The maximum Gasteiger partial charge on any atom is 0.268 e. The smallest absolute Gasteiger partial charge is 0.268 e. The van der Waals surface area contributed by atoms with Gasteiger partial charge in [0.25, 0.3) is 5.91 Å². The number of likely N-dealkylation sites (tertiary alicyclic amines) is 1. The average Bonchev–Trinajstić information content (AvgIpc) is 3.19.